The number of benzene rings is 2. The van der Waals surface area contributed by atoms with Gasteiger partial charge in [-0.05, 0) is 55.7 Å². The lowest BCUT2D eigenvalue weighted by molar-refractivity contribution is -0.119. The molecule has 0 spiro atoms. The quantitative estimate of drug-likeness (QED) is 0.773. The van der Waals surface area contributed by atoms with Crippen LogP contribution in [-0.2, 0) is 14.3 Å². The van der Waals surface area contributed by atoms with Crippen LogP contribution in [0.1, 0.15) is 34.3 Å². The maximum atomic E-state index is 12.3. The third-order valence-electron chi connectivity index (χ3n) is 4.55. The largest absolute Gasteiger partial charge is 0.452 e. The molecule has 2 aromatic carbocycles. The Morgan fingerprint density at radius 2 is 1.96 bits per heavy atom. The van der Waals surface area contributed by atoms with Crippen LogP contribution in [0.25, 0.3) is 0 Å². The van der Waals surface area contributed by atoms with Crippen molar-refractivity contribution in [3.8, 4) is 0 Å². The SMILES string of the molecule is Cc1ccc(C)c(NC(=O)COC(=O)c2ccc(Cl)c(N3CCCC3=O)c2)c1. The number of amides is 2. The summed E-state index contributed by atoms with van der Waals surface area (Å²) in [5.41, 5.74) is 3.34. The number of nitrogens with one attached hydrogen (secondary N) is 1. The standard InChI is InChI=1S/C21H21ClN2O4/c1-13-5-6-14(2)17(10-13)23-19(25)12-28-21(27)15-7-8-16(22)18(11-15)24-9-3-4-20(24)26/h5-8,10-11H,3-4,9,12H2,1-2H3,(H,23,25). The van der Waals surface area contributed by atoms with Crippen LogP contribution in [0.2, 0.25) is 5.02 Å². The van der Waals surface area contributed by atoms with E-state index in [0.29, 0.717) is 29.4 Å². The number of rotatable bonds is 5. The second-order valence-corrected chi connectivity index (χ2v) is 7.17. The molecule has 0 unspecified atom stereocenters. The summed E-state index contributed by atoms with van der Waals surface area (Å²) in [5, 5.41) is 3.13. The highest BCUT2D eigenvalue weighted by molar-refractivity contribution is 6.34. The van der Waals surface area contributed by atoms with Gasteiger partial charge in [-0.2, -0.15) is 0 Å². The number of esters is 1. The number of hydrogen-bond acceptors (Lipinski definition) is 4. The molecule has 146 valence electrons. The molecule has 0 radical (unpaired) electrons. The van der Waals surface area contributed by atoms with Gasteiger partial charge < -0.3 is 15.0 Å². The van der Waals surface area contributed by atoms with E-state index < -0.39 is 18.5 Å². The number of nitrogens with zero attached hydrogens (tertiary/aromatic N) is 1. The van der Waals surface area contributed by atoms with Crippen molar-refractivity contribution in [2.45, 2.75) is 26.7 Å². The van der Waals surface area contributed by atoms with E-state index in [1.165, 1.54) is 12.1 Å². The highest BCUT2D eigenvalue weighted by atomic mass is 35.5. The Morgan fingerprint density at radius 1 is 1.18 bits per heavy atom. The number of ether oxygens (including phenoxy) is 1. The van der Waals surface area contributed by atoms with E-state index in [2.05, 4.69) is 5.32 Å². The molecule has 0 saturated carbocycles. The van der Waals surface area contributed by atoms with Gasteiger partial charge in [0.15, 0.2) is 6.61 Å². The van der Waals surface area contributed by atoms with Crippen LogP contribution >= 0.6 is 11.6 Å². The van der Waals surface area contributed by atoms with Gasteiger partial charge in [-0.25, -0.2) is 4.79 Å². The Kier molecular flexibility index (Phi) is 5.99. The number of hydrogen-bond donors (Lipinski definition) is 1. The summed E-state index contributed by atoms with van der Waals surface area (Å²) in [6.07, 6.45) is 1.21. The number of aryl methyl sites for hydroxylation is 2. The number of carbonyl (C=O) groups excluding carboxylic acids is 3. The van der Waals surface area contributed by atoms with Crippen molar-refractivity contribution < 1.29 is 19.1 Å². The molecule has 1 aliphatic heterocycles. The van der Waals surface area contributed by atoms with Gasteiger partial charge in [-0.3, -0.25) is 9.59 Å². The van der Waals surface area contributed by atoms with Crippen LogP contribution in [0.4, 0.5) is 11.4 Å². The van der Waals surface area contributed by atoms with Gasteiger partial charge in [0, 0.05) is 18.7 Å². The second kappa shape index (κ2) is 8.44. The molecule has 2 aromatic rings. The van der Waals surface area contributed by atoms with Crippen LogP contribution in [0.3, 0.4) is 0 Å². The van der Waals surface area contributed by atoms with Crippen molar-refractivity contribution in [2.75, 3.05) is 23.4 Å². The van der Waals surface area contributed by atoms with E-state index in [0.717, 1.165) is 17.5 Å². The lowest BCUT2D eigenvalue weighted by Crippen LogP contribution is -2.25. The Bertz CT molecular complexity index is 942. The van der Waals surface area contributed by atoms with Crippen molar-refractivity contribution in [2.24, 2.45) is 0 Å². The molecule has 0 atom stereocenters. The Labute approximate surface area is 168 Å². The Hall–Kier alpha value is -2.86. The first kappa shape index (κ1) is 19.9. The Balaban J connectivity index is 1.64. The van der Waals surface area contributed by atoms with Crippen molar-refractivity contribution in [3.63, 3.8) is 0 Å². The fourth-order valence-electron chi connectivity index (χ4n) is 3.02. The zero-order chi connectivity index (χ0) is 20.3. The lowest BCUT2D eigenvalue weighted by atomic mass is 10.1. The molecule has 28 heavy (non-hydrogen) atoms. The molecular weight excluding hydrogens is 380 g/mol. The maximum absolute atomic E-state index is 12.3. The normalized spacial score (nSPS) is 13.5. The predicted octanol–water partition coefficient (Wildman–Crippen LogP) is 3.88. The smallest absolute Gasteiger partial charge is 0.338 e. The van der Waals surface area contributed by atoms with E-state index in [4.69, 9.17) is 16.3 Å². The summed E-state index contributed by atoms with van der Waals surface area (Å²) in [7, 11) is 0. The van der Waals surface area contributed by atoms with Gasteiger partial charge in [-0.15, -0.1) is 0 Å². The first-order valence-electron chi connectivity index (χ1n) is 8.99. The first-order valence-corrected chi connectivity index (χ1v) is 9.37. The van der Waals surface area contributed by atoms with Gasteiger partial charge in [0.05, 0.1) is 16.3 Å². The molecule has 2 amide bonds. The molecule has 0 bridgehead atoms. The van der Waals surface area contributed by atoms with Crippen molar-refractivity contribution in [3.05, 3.63) is 58.1 Å². The van der Waals surface area contributed by atoms with Crippen LogP contribution in [0, 0.1) is 13.8 Å². The molecule has 1 N–H and O–H groups in total. The summed E-state index contributed by atoms with van der Waals surface area (Å²) in [5.74, 6) is -1.10. The molecule has 1 saturated heterocycles. The monoisotopic (exact) mass is 400 g/mol. The van der Waals surface area contributed by atoms with Crippen molar-refractivity contribution in [1.82, 2.24) is 0 Å². The third kappa shape index (κ3) is 4.51. The van der Waals surface area contributed by atoms with Gasteiger partial charge in [0.2, 0.25) is 5.91 Å². The van der Waals surface area contributed by atoms with Gasteiger partial charge in [0.1, 0.15) is 0 Å². The second-order valence-electron chi connectivity index (χ2n) is 6.76. The molecule has 6 nitrogen and oxygen atoms in total. The summed E-state index contributed by atoms with van der Waals surface area (Å²) < 4.78 is 5.12. The summed E-state index contributed by atoms with van der Waals surface area (Å²) in [4.78, 5) is 38.0. The van der Waals surface area contributed by atoms with Crippen LogP contribution in [-0.4, -0.2) is 30.9 Å². The van der Waals surface area contributed by atoms with E-state index in [1.54, 1.807) is 11.0 Å². The highest BCUT2D eigenvalue weighted by Gasteiger charge is 2.24. The first-order chi connectivity index (χ1) is 13.3. The zero-order valence-electron chi connectivity index (χ0n) is 15.8. The lowest BCUT2D eigenvalue weighted by Gasteiger charge is -2.18. The summed E-state index contributed by atoms with van der Waals surface area (Å²) >= 11 is 6.18. The molecule has 0 aliphatic carbocycles. The number of carbonyl (C=O) groups is 3. The Morgan fingerprint density at radius 3 is 2.68 bits per heavy atom. The number of anilines is 2. The zero-order valence-corrected chi connectivity index (χ0v) is 16.5. The topological polar surface area (TPSA) is 75.7 Å². The van der Waals surface area contributed by atoms with E-state index in [9.17, 15) is 14.4 Å². The molecule has 3 rings (SSSR count). The minimum atomic E-state index is -0.652. The van der Waals surface area contributed by atoms with Gasteiger partial charge in [-0.1, -0.05) is 23.7 Å². The summed E-state index contributed by atoms with van der Waals surface area (Å²) in [6, 6.07) is 10.3. The van der Waals surface area contributed by atoms with Crippen LogP contribution in [0.15, 0.2) is 36.4 Å². The molecule has 7 heteroatoms. The van der Waals surface area contributed by atoms with Crippen LogP contribution in [0.5, 0.6) is 0 Å². The van der Waals surface area contributed by atoms with E-state index >= 15 is 0 Å². The molecule has 1 heterocycles. The fraction of sp³-hybridized carbons (Fsp3) is 0.286. The molecule has 1 aliphatic rings. The minimum absolute atomic E-state index is 0.0275. The fourth-order valence-corrected chi connectivity index (χ4v) is 3.24. The van der Waals surface area contributed by atoms with E-state index in [1.807, 2.05) is 32.0 Å². The average Bonchev–Trinajstić information content (AvgIpc) is 3.09. The molecular formula is C21H21ClN2O4. The molecule has 1 fully saturated rings. The predicted molar refractivity (Wildman–Crippen MR) is 108 cm³/mol. The molecule has 0 aromatic heterocycles. The van der Waals surface area contributed by atoms with Gasteiger partial charge in [0.25, 0.3) is 5.91 Å². The van der Waals surface area contributed by atoms with Crippen molar-refractivity contribution >= 4 is 40.8 Å². The van der Waals surface area contributed by atoms with Crippen LogP contribution < -0.4 is 10.2 Å². The minimum Gasteiger partial charge on any atom is -0.452 e. The number of halogens is 1. The maximum Gasteiger partial charge on any atom is 0.338 e. The third-order valence-corrected chi connectivity index (χ3v) is 4.87. The van der Waals surface area contributed by atoms with E-state index in [-0.39, 0.29) is 11.5 Å². The highest BCUT2D eigenvalue weighted by Crippen LogP contribution is 2.30. The average molecular weight is 401 g/mol. The van der Waals surface area contributed by atoms with Crippen molar-refractivity contribution in [1.29, 1.82) is 0 Å². The summed E-state index contributed by atoms with van der Waals surface area (Å²) in [6.45, 7) is 3.97. The van der Waals surface area contributed by atoms with Gasteiger partial charge >= 0.3 is 5.97 Å².